The molecular weight excluding hydrogens is 468 g/mol. The van der Waals surface area contributed by atoms with Crippen molar-refractivity contribution in [3.05, 3.63) is 104 Å². The van der Waals surface area contributed by atoms with Gasteiger partial charge >= 0.3 is 5.69 Å². The molecule has 1 atom stereocenters. The van der Waals surface area contributed by atoms with Gasteiger partial charge in [-0.3, -0.25) is 13.9 Å². The number of benzene rings is 3. The van der Waals surface area contributed by atoms with Crippen molar-refractivity contribution in [3.63, 3.8) is 0 Å². The fourth-order valence-electron chi connectivity index (χ4n) is 5.37. The molecule has 3 heterocycles. The lowest BCUT2D eigenvalue weighted by molar-refractivity contribution is 0.370. The van der Waals surface area contributed by atoms with Gasteiger partial charge in [-0.2, -0.15) is 0 Å². The molecule has 0 bridgehead atoms. The molecule has 0 aliphatic carbocycles. The molecule has 0 unspecified atom stereocenters. The number of aromatic nitrogens is 3. The number of hydrogen-bond acceptors (Lipinski definition) is 5. The number of aryl methyl sites for hydroxylation is 2. The van der Waals surface area contributed by atoms with Gasteiger partial charge in [-0.25, -0.2) is 4.79 Å². The summed E-state index contributed by atoms with van der Waals surface area (Å²) in [7, 11) is 4.67. The van der Waals surface area contributed by atoms with Crippen molar-refractivity contribution >= 4 is 16.6 Å². The molecule has 0 saturated carbocycles. The van der Waals surface area contributed by atoms with E-state index in [0.29, 0.717) is 33.6 Å². The summed E-state index contributed by atoms with van der Waals surface area (Å²) < 4.78 is 10.1. The van der Waals surface area contributed by atoms with Crippen LogP contribution in [0.4, 0.5) is 5.69 Å². The smallest absolute Gasteiger partial charge is 0.331 e. The van der Waals surface area contributed by atoms with Crippen LogP contribution in [0.25, 0.3) is 27.8 Å². The molecule has 8 heteroatoms. The summed E-state index contributed by atoms with van der Waals surface area (Å²) >= 11 is 0. The van der Waals surface area contributed by atoms with E-state index in [1.807, 2.05) is 72.2 Å². The number of anilines is 1. The van der Waals surface area contributed by atoms with E-state index in [-0.39, 0.29) is 11.3 Å². The van der Waals surface area contributed by atoms with Crippen LogP contribution in [-0.4, -0.2) is 25.9 Å². The van der Waals surface area contributed by atoms with Crippen molar-refractivity contribution in [2.45, 2.75) is 13.0 Å². The number of phenols is 1. The molecule has 1 aliphatic heterocycles. The van der Waals surface area contributed by atoms with Crippen LogP contribution in [0.5, 0.6) is 11.5 Å². The number of nitrogens with zero attached hydrogens (tertiary/aromatic N) is 3. The predicted molar refractivity (Wildman–Crippen MR) is 144 cm³/mol. The highest BCUT2D eigenvalue weighted by molar-refractivity contribution is 5.99. The van der Waals surface area contributed by atoms with Crippen LogP contribution >= 0.6 is 0 Å². The number of para-hydroxylation sites is 3. The zero-order chi connectivity index (χ0) is 26.0. The monoisotopic (exact) mass is 494 g/mol. The number of fused-ring (bicyclic) bond motifs is 5. The van der Waals surface area contributed by atoms with Gasteiger partial charge in [0.05, 0.1) is 46.8 Å². The fourth-order valence-corrected chi connectivity index (χ4v) is 5.37. The molecule has 0 amide bonds. The molecule has 1 aliphatic rings. The Morgan fingerprint density at radius 2 is 1.65 bits per heavy atom. The van der Waals surface area contributed by atoms with Crippen LogP contribution in [0.2, 0.25) is 0 Å². The quantitative estimate of drug-likeness (QED) is 0.392. The number of rotatable bonds is 3. The number of phenolic OH excluding ortho intramolecular Hbond substituents is 1. The Labute approximate surface area is 212 Å². The lowest BCUT2D eigenvalue weighted by atomic mass is 9.98. The Morgan fingerprint density at radius 1 is 0.919 bits per heavy atom. The molecule has 0 radical (unpaired) electrons. The molecule has 8 nitrogen and oxygen atoms in total. The SMILES string of the molecule is COc1cccc([C@@H]2Nc3ccccc3-n3c(-c4ccc(C)cc4)c4c(=O)n(C)c(=O)n(C)c4c32)c1O. The Balaban J connectivity index is 1.85. The van der Waals surface area contributed by atoms with Crippen molar-refractivity contribution in [2.75, 3.05) is 12.4 Å². The van der Waals surface area contributed by atoms with E-state index >= 15 is 0 Å². The molecule has 186 valence electrons. The Morgan fingerprint density at radius 3 is 2.38 bits per heavy atom. The van der Waals surface area contributed by atoms with Gasteiger partial charge in [0.1, 0.15) is 0 Å². The average Bonchev–Trinajstić information content (AvgIpc) is 3.27. The first-order valence-corrected chi connectivity index (χ1v) is 12.0. The minimum Gasteiger partial charge on any atom is -0.504 e. The van der Waals surface area contributed by atoms with Crippen molar-refractivity contribution in [2.24, 2.45) is 14.1 Å². The van der Waals surface area contributed by atoms with Gasteiger partial charge in [-0.1, -0.05) is 54.1 Å². The number of hydrogen-bond donors (Lipinski definition) is 2. The highest BCUT2D eigenvalue weighted by Crippen LogP contribution is 2.47. The van der Waals surface area contributed by atoms with Gasteiger partial charge in [0.25, 0.3) is 5.56 Å². The maximum atomic E-state index is 13.7. The van der Waals surface area contributed by atoms with Crippen LogP contribution in [0.3, 0.4) is 0 Å². The summed E-state index contributed by atoms with van der Waals surface area (Å²) in [6, 6.07) is 20.5. The van der Waals surface area contributed by atoms with Crippen molar-refractivity contribution in [3.8, 4) is 28.4 Å². The van der Waals surface area contributed by atoms with E-state index in [1.165, 1.54) is 18.7 Å². The summed E-state index contributed by atoms with van der Waals surface area (Å²) in [4.78, 5) is 26.9. The van der Waals surface area contributed by atoms with E-state index < -0.39 is 11.7 Å². The standard InChI is InChI=1S/C29H26N4O4/c1-16-12-14-17(15-13-16)24-22-25(31(2)29(36)32(3)28(22)35)26-23(18-8-7-11-21(37-4)27(18)34)30-19-9-5-6-10-20(19)33(24)26/h5-15,23,30,34H,1-4H3/t23-/m0/s1. The molecule has 0 fully saturated rings. The third-order valence-electron chi connectivity index (χ3n) is 7.21. The molecule has 0 saturated heterocycles. The summed E-state index contributed by atoms with van der Waals surface area (Å²) in [5, 5.41) is 15.1. The first-order valence-electron chi connectivity index (χ1n) is 12.0. The zero-order valence-electron chi connectivity index (χ0n) is 20.9. The first-order chi connectivity index (χ1) is 17.8. The molecule has 2 aromatic heterocycles. The van der Waals surface area contributed by atoms with E-state index in [2.05, 4.69) is 5.32 Å². The average molecular weight is 495 g/mol. The Hall–Kier alpha value is -4.72. The zero-order valence-corrected chi connectivity index (χ0v) is 20.9. The van der Waals surface area contributed by atoms with E-state index in [9.17, 15) is 14.7 Å². The maximum Gasteiger partial charge on any atom is 0.331 e. The molecule has 37 heavy (non-hydrogen) atoms. The van der Waals surface area contributed by atoms with E-state index in [4.69, 9.17) is 4.74 Å². The summed E-state index contributed by atoms with van der Waals surface area (Å²) in [6.07, 6.45) is 0. The van der Waals surface area contributed by atoms with Gasteiger partial charge in [0.15, 0.2) is 11.5 Å². The third kappa shape index (κ3) is 3.15. The van der Waals surface area contributed by atoms with Gasteiger partial charge < -0.3 is 19.7 Å². The first kappa shape index (κ1) is 22.7. The van der Waals surface area contributed by atoms with Gasteiger partial charge in [-0.15, -0.1) is 0 Å². The highest BCUT2D eigenvalue weighted by atomic mass is 16.5. The van der Waals surface area contributed by atoms with Crippen LogP contribution in [0, 0.1) is 6.92 Å². The molecule has 5 aromatic rings. The van der Waals surface area contributed by atoms with Crippen LogP contribution in [0.15, 0.2) is 76.3 Å². The van der Waals surface area contributed by atoms with Gasteiger partial charge in [0, 0.05) is 19.7 Å². The minimum absolute atomic E-state index is 0.00602. The lowest BCUT2D eigenvalue weighted by Crippen LogP contribution is -2.37. The van der Waals surface area contributed by atoms with Gasteiger partial charge in [0.2, 0.25) is 0 Å². The lowest BCUT2D eigenvalue weighted by Gasteiger charge is -2.31. The van der Waals surface area contributed by atoms with Gasteiger partial charge in [-0.05, 0) is 30.7 Å². The fraction of sp³-hybridized carbons (Fsp3) is 0.172. The summed E-state index contributed by atoms with van der Waals surface area (Å²) in [6.45, 7) is 2.01. The second-order valence-electron chi connectivity index (χ2n) is 9.36. The van der Waals surface area contributed by atoms with Crippen LogP contribution in [-0.2, 0) is 14.1 Å². The molecular formula is C29H26N4O4. The predicted octanol–water partition coefficient (Wildman–Crippen LogP) is 4.23. The molecule has 0 spiro atoms. The van der Waals surface area contributed by atoms with Crippen LogP contribution in [0.1, 0.15) is 22.9 Å². The summed E-state index contributed by atoms with van der Waals surface area (Å²) in [5.41, 5.74) is 5.29. The summed E-state index contributed by atoms with van der Waals surface area (Å²) in [5.74, 6) is 0.331. The van der Waals surface area contributed by atoms with Crippen molar-refractivity contribution in [1.82, 2.24) is 13.7 Å². The maximum absolute atomic E-state index is 13.7. The number of aromatic hydroxyl groups is 1. The highest BCUT2D eigenvalue weighted by Gasteiger charge is 2.36. The van der Waals surface area contributed by atoms with Crippen LogP contribution < -0.4 is 21.3 Å². The topological polar surface area (TPSA) is 90.4 Å². The van der Waals surface area contributed by atoms with E-state index in [1.54, 1.807) is 13.1 Å². The molecule has 2 N–H and O–H groups in total. The van der Waals surface area contributed by atoms with E-state index in [0.717, 1.165) is 27.1 Å². The minimum atomic E-state index is -0.579. The second-order valence-corrected chi connectivity index (χ2v) is 9.36. The van der Waals surface area contributed by atoms with Crippen molar-refractivity contribution in [1.29, 1.82) is 0 Å². The van der Waals surface area contributed by atoms with Crippen molar-refractivity contribution < 1.29 is 9.84 Å². The molecule has 6 rings (SSSR count). The normalized spacial score (nSPS) is 14.2. The second kappa shape index (κ2) is 8.16. The Bertz CT molecular complexity index is 1830. The largest absolute Gasteiger partial charge is 0.504 e. The Kier molecular flexibility index (Phi) is 5.01. The third-order valence-corrected chi connectivity index (χ3v) is 7.21. The number of ether oxygens (including phenoxy) is 1. The molecule has 3 aromatic carbocycles. The number of nitrogens with one attached hydrogen (secondary N) is 1. The number of methoxy groups -OCH3 is 1.